The fourth-order valence-corrected chi connectivity index (χ4v) is 2.90. The highest BCUT2D eigenvalue weighted by atomic mass is 16.5. The van der Waals surface area contributed by atoms with Crippen LogP contribution in [0.15, 0.2) is 52.4 Å². The summed E-state index contributed by atoms with van der Waals surface area (Å²) in [5.41, 5.74) is 7.57. The number of aryl methyl sites for hydroxylation is 3. The molecule has 0 aliphatic carbocycles. The molecule has 0 bridgehead atoms. The number of H-pyrrole nitrogens is 1. The first kappa shape index (κ1) is 21.1. The largest absolute Gasteiger partial charge is 0.493 e. The molecule has 2 aromatic carbocycles. The number of benzene rings is 2. The van der Waals surface area contributed by atoms with E-state index in [0.717, 1.165) is 11.1 Å². The Morgan fingerprint density at radius 1 is 1.13 bits per heavy atom. The van der Waals surface area contributed by atoms with E-state index in [4.69, 9.17) is 9.47 Å². The summed E-state index contributed by atoms with van der Waals surface area (Å²) in [6, 6.07) is 13.3. The van der Waals surface area contributed by atoms with Crippen molar-refractivity contribution in [2.75, 3.05) is 12.5 Å². The van der Waals surface area contributed by atoms with Crippen LogP contribution in [-0.2, 0) is 13.0 Å². The van der Waals surface area contributed by atoms with Crippen molar-refractivity contribution >= 4 is 12.2 Å². The summed E-state index contributed by atoms with van der Waals surface area (Å²) in [6.45, 7) is 6.53. The van der Waals surface area contributed by atoms with Gasteiger partial charge in [-0.05, 0) is 55.2 Å². The lowest BCUT2D eigenvalue weighted by Crippen LogP contribution is -2.11. The molecule has 30 heavy (non-hydrogen) atoms. The van der Waals surface area contributed by atoms with Gasteiger partial charge in [0.2, 0.25) is 5.95 Å². The first-order chi connectivity index (χ1) is 14.5. The normalized spacial score (nSPS) is 10.9. The highest BCUT2D eigenvalue weighted by molar-refractivity contribution is 5.81. The first-order valence-electron chi connectivity index (χ1n) is 9.74. The Kier molecular flexibility index (Phi) is 6.85. The summed E-state index contributed by atoms with van der Waals surface area (Å²) in [5, 5.41) is 4.14. The molecular formula is C23H26N4O3. The maximum atomic E-state index is 11.6. The number of hydrogen-bond acceptors (Lipinski definition) is 6. The van der Waals surface area contributed by atoms with Crippen molar-refractivity contribution < 1.29 is 9.47 Å². The number of nitrogens with one attached hydrogen (secondary N) is 2. The number of ether oxygens (including phenoxy) is 2. The summed E-state index contributed by atoms with van der Waals surface area (Å²) >= 11 is 0. The highest BCUT2D eigenvalue weighted by Crippen LogP contribution is 2.28. The Labute approximate surface area is 175 Å². The molecular weight excluding hydrogens is 380 g/mol. The molecule has 7 heteroatoms. The van der Waals surface area contributed by atoms with E-state index >= 15 is 0 Å². The quantitative estimate of drug-likeness (QED) is 0.436. The van der Waals surface area contributed by atoms with Gasteiger partial charge in [-0.15, -0.1) is 0 Å². The second kappa shape index (κ2) is 9.73. The SMILES string of the molecule is CCc1cc(=O)[nH]c(N/N=C\c2ccc(OCc3cc(C)ccc3C)c(OC)c2)n1. The van der Waals surface area contributed by atoms with Gasteiger partial charge in [0, 0.05) is 11.8 Å². The predicted octanol–water partition coefficient (Wildman–Crippen LogP) is 3.98. The Balaban J connectivity index is 1.69. The van der Waals surface area contributed by atoms with Gasteiger partial charge in [-0.1, -0.05) is 30.7 Å². The van der Waals surface area contributed by atoms with Gasteiger partial charge < -0.3 is 9.47 Å². The molecule has 1 aromatic heterocycles. The van der Waals surface area contributed by atoms with E-state index < -0.39 is 0 Å². The fraction of sp³-hybridized carbons (Fsp3) is 0.261. The van der Waals surface area contributed by atoms with Gasteiger partial charge in [0.05, 0.1) is 13.3 Å². The third-order valence-electron chi connectivity index (χ3n) is 4.62. The Hall–Kier alpha value is -3.61. The van der Waals surface area contributed by atoms with Crippen LogP contribution >= 0.6 is 0 Å². The van der Waals surface area contributed by atoms with Crippen LogP contribution in [0.25, 0.3) is 0 Å². The third kappa shape index (κ3) is 5.47. The second-order valence-corrected chi connectivity index (χ2v) is 6.94. The summed E-state index contributed by atoms with van der Waals surface area (Å²) < 4.78 is 11.5. The van der Waals surface area contributed by atoms with Crippen molar-refractivity contribution in [2.24, 2.45) is 5.10 Å². The molecule has 0 aliphatic heterocycles. The van der Waals surface area contributed by atoms with Crippen molar-refractivity contribution in [2.45, 2.75) is 33.8 Å². The average molecular weight is 406 g/mol. The molecule has 7 nitrogen and oxygen atoms in total. The van der Waals surface area contributed by atoms with Crippen LogP contribution < -0.4 is 20.5 Å². The van der Waals surface area contributed by atoms with Crippen molar-refractivity contribution in [3.8, 4) is 11.5 Å². The van der Waals surface area contributed by atoms with Crippen LogP contribution in [0.4, 0.5) is 5.95 Å². The van der Waals surface area contributed by atoms with E-state index in [1.54, 1.807) is 13.3 Å². The zero-order valence-corrected chi connectivity index (χ0v) is 17.7. The van der Waals surface area contributed by atoms with E-state index in [1.165, 1.54) is 17.2 Å². The number of rotatable bonds is 8. The average Bonchev–Trinajstić information content (AvgIpc) is 2.74. The molecule has 0 saturated carbocycles. The molecule has 0 atom stereocenters. The fourth-order valence-electron chi connectivity index (χ4n) is 2.90. The predicted molar refractivity (Wildman–Crippen MR) is 119 cm³/mol. The molecule has 0 saturated heterocycles. The van der Waals surface area contributed by atoms with Gasteiger partial charge in [0.25, 0.3) is 5.56 Å². The summed E-state index contributed by atoms with van der Waals surface area (Å²) in [5.74, 6) is 1.57. The van der Waals surface area contributed by atoms with E-state index in [2.05, 4.69) is 52.5 Å². The van der Waals surface area contributed by atoms with Crippen LogP contribution in [0.5, 0.6) is 11.5 Å². The smallest absolute Gasteiger partial charge is 0.252 e. The molecule has 0 fully saturated rings. The molecule has 0 unspecified atom stereocenters. The Morgan fingerprint density at radius 2 is 1.97 bits per heavy atom. The zero-order valence-electron chi connectivity index (χ0n) is 17.7. The number of hydrogen-bond donors (Lipinski definition) is 2. The molecule has 0 radical (unpaired) electrons. The van der Waals surface area contributed by atoms with Crippen LogP contribution in [0.3, 0.4) is 0 Å². The minimum absolute atomic E-state index is 0.216. The van der Waals surface area contributed by atoms with Gasteiger partial charge in [0.1, 0.15) is 6.61 Å². The van der Waals surface area contributed by atoms with Crippen LogP contribution in [0.1, 0.15) is 34.9 Å². The van der Waals surface area contributed by atoms with Gasteiger partial charge in [-0.2, -0.15) is 5.10 Å². The lowest BCUT2D eigenvalue weighted by molar-refractivity contribution is 0.284. The summed E-state index contributed by atoms with van der Waals surface area (Å²) in [7, 11) is 1.60. The molecule has 0 spiro atoms. The van der Waals surface area contributed by atoms with E-state index in [9.17, 15) is 4.79 Å². The second-order valence-electron chi connectivity index (χ2n) is 6.94. The lowest BCUT2D eigenvalue weighted by Gasteiger charge is -2.13. The Bertz CT molecular complexity index is 1110. The van der Waals surface area contributed by atoms with E-state index in [0.29, 0.717) is 36.2 Å². The number of hydrazone groups is 1. The molecule has 2 N–H and O–H groups in total. The van der Waals surface area contributed by atoms with Gasteiger partial charge in [-0.25, -0.2) is 10.4 Å². The van der Waals surface area contributed by atoms with Crippen molar-refractivity contribution in [1.82, 2.24) is 9.97 Å². The van der Waals surface area contributed by atoms with E-state index in [1.807, 2.05) is 25.1 Å². The monoisotopic (exact) mass is 406 g/mol. The maximum Gasteiger partial charge on any atom is 0.252 e. The summed E-state index contributed by atoms with van der Waals surface area (Å²) in [4.78, 5) is 18.5. The molecule has 156 valence electrons. The minimum Gasteiger partial charge on any atom is -0.493 e. The minimum atomic E-state index is -0.216. The number of aromatic nitrogens is 2. The first-order valence-corrected chi connectivity index (χ1v) is 9.74. The van der Waals surface area contributed by atoms with Gasteiger partial charge >= 0.3 is 0 Å². The standard InChI is InChI=1S/C23H26N4O3/c1-5-19-12-22(28)26-23(25-19)27-24-13-17-8-9-20(21(11-17)29-4)30-14-18-10-15(2)6-7-16(18)3/h6-13H,5,14H2,1-4H3,(H2,25,26,27,28)/b24-13-. The zero-order chi connectivity index (χ0) is 21.5. The number of nitrogens with zero attached hydrogens (tertiary/aromatic N) is 2. The van der Waals surface area contributed by atoms with Crippen LogP contribution in [0.2, 0.25) is 0 Å². The van der Waals surface area contributed by atoms with Crippen molar-refractivity contribution in [3.05, 3.63) is 80.8 Å². The molecule has 0 aliphatic rings. The van der Waals surface area contributed by atoms with Crippen LogP contribution in [0, 0.1) is 13.8 Å². The maximum absolute atomic E-state index is 11.6. The van der Waals surface area contributed by atoms with Crippen molar-refractivity contribution in [1.29, 1.82) is 0 Å². The summed E-state index contributed by atoms with van der Waals surface area (Å²) in [6.07, 6.45) is 2.29. The lowest BCUT2D eigenvalue weighted by atomic mass is 10.1. The highest BCUT2D eigenvalue weighted by Gasteiger charge is 2.07. The molecule has 1 heterocycles. The van der Waals surface area contributed by atoms with Crippen molar-refractivity contribution in [3.63, 3.8) is 0 Å². The molecule has 3 rings (SSSR count). The number of anilines is 1. The van der Waals surface area contributed by atoms with Gasteiger partial charge in [-0.3, -0.25) is 9.78 Å². The third-order valence-corrected chi connectivity index (χ3v) is 4.62. The topological polar surface area (TPSA) is 88.6 Å². The van der Waals surface area contributed by atoms with Gasteiger partial charge in [0.15, 0.2) is 11.5 Å². The Morgan fingerprint density at radius 3 is 2.73 bits per heavy atom. The molecule has 0 amide bonds. The molecule has 3 aromatic rings. The number of methoxy groups -OCH3 is 1. The number of aromatic amines is 1. The van der Waals surface area contributed by atoms with Crippen LogP contribution in [-0.4, -0.2) is 23.3 Å². The van der Waals surface area contributed by atoms with E-state index in [-0.39, 0.29) is 5.56 Å².